The van der Waals surface area contributed by atoms with Crippen molar-refractivity contribution in [1.29, 1.82) is 0 Å². The van der Waals surface area contributed by atoms with Crippen LogP contribution in [0.3, 0.4) is 0 Å². The Morgan fingerprint density at radius 3 is 2.61 bits per heavy atom. The molecule has 1 saturated carbocycles. The lowest BCUT2D eigenvalue weighted by Gasteiger charge is -2.08. The molecule has 0 aliphatic heterocycles. The van der Waals surface area contributed by atoms with E-state index >= 15 is 0 Å². The van der Waals surface area contributed by atoms with Gasteiger partial charge in [-0.1, -0.05) is 12.1 Å². The molecule has 0 aromatic heterocycles. The molecule has 0 heterocycles. The number of rotatable bonds is 5. The van der Waals surface area contributed by atoms with Crippen LogP contribution in [-0.4, -0.2) is 39.5 Å². The molecule has 2 rings (SSSR count). The summed E-state index contributed by atoms with van der Waals surface area (Å²) in [4.78, 5) is 6.35. The standard InChI is InChI=1S/C13H18N2O2S/c1-15(2)10-14-12-5-3-4-6-13(12)18(16,17)9-11-7-8-11/h3-6,10-11H,7-9H2,1-2H3. The number of hydrogen-bond donors (Lipinski definition) is 0. The molecular formula is C13H18N2O2S. The molecule has 0 amide bonds. The number of benzene rings is 1. The van der Waals surface area contributed by atoms with E-state index in [1.807, 2.05) is 14.1 Å². The Morgan fingerprint density at radius 2 is 2.00 bits per heavy atom. The zero-order chi connectivity index (χ0) is 13.2. The second kappa shape index (κ2) is 5.10. The van der Waals surface area contributed by atoms with Crippen molar-refractivity contribution < 1.29 is 8.42 Å². The summed E-state index contributed by atoms with van der Waals surface area (Å²) < 4.78 is 24.5. The molecule has 0 spiro atoms. The van der Waals surface area contributed by atoms with Gasteiger partial charge >= 0.3 is 0 Å². The Morgan fingerprint density at radius 1 is 1.33 bits per heavy atom. The van der Waals surface area contributed by atoms with Gasteiger partial charge in [-0.25, -0.2) is 13.4 Å². The summed E-state index contributed by atoms with van der Waals surface area (Å²) in [6.45, 7) is 0. The van der Waals surface area contributed by atoms with Crippen LogP contribution in [0.5, 0.6) is 0 Å². The summed E-state index contributed by atoms with van der Waals surface area (Å²) in [6, 6.07) is 6.92. The number of aliphatic imine (C=N–C) groups is 1. The molecule has 1 fully saturated rings. The lowest BCUT2D eigenvalue weighted by atomic mass is 10.3. The van der Waals surface area contributed by atoms with E-state index in [1.54, 1.807) is 35.5 Å². The zero-order valence-electron chi connectivity index (χ0n) is 10.7. The molecule has 1 aromatic rings. The molecule has 0 N–H and O–H groups in total. The lowest BCUT2D eigenvalue weighted by Crippen LogP contribution is -2.10. The fraction of sp³-hybridized carbons (Fsp3) is 0.462. The first-order chi connectivity index (χ1) is 8.49. The number of para-hydroxylation sites is 1. The third-order valence-electron chi connectivity index (χ3n) is 2.78. The van der Waals surface area contributed by atoms with E-state index < -0.39 is 9.84 Å². The first kappa shape index (κ1) is 13.1. The van der Waals surface area contributed by atoms with Gasteiger partial charge in [0.1, 0.15) is 0 Å². The third-order valence-corrected chi connectivity index (χ3v) is 4.71. The van der Waals surface area contributed by atoms with Crippen LogP contribution in [-0.2, 0) is 9.84 Å². The monoisotopic (exact) mass is 266 g/mol. The van der Waals surface area contributed by atoms with E-state index in [1.165, 1.54) is 0 Å². The van der Waals surface area contributed by atoms with Crippen LogP contribution >= 0.6 is 0 Å². The Labute approximate surface area is 108 Å². The van der Waals surface area contributed by atoms with Gasteiger partial charge in [-0.3, -0.25) is 0 Å². The van der Waals surface area contributed by atoms with Gasteiger partial charge in [0.25, 0.3) is 0 Å². The van der Waals surface area contributed by atoms with Crippen molar-refractivity contribution in [3.8, 4) is 0 Å². The summed E-state index contributed by atoms with van der Waals surface area (Å²) in [6.07, 6.45) is 3.68. The van der Waals surface area contributed by atoms with Gasteiger partial charge in [-0.05, 0) is 30.9 Å². The van der Waals surface area contributed by atoms with Gasteiger partial charge < -0.3 is 4.90 Å². The summed E-state index contributed by atoms with van der Waals surface area (Å²) in [5.74, 6) is 0.600. The normalized spacial score (nSPS) is 16.1. The van der Waals surface area contributed by atoms with Gasteiger partial charge in [0.05, 0.1) is 22.7 Å². The third kappa shape index (κ3) is 3.32. The molecule has 0 unspecified atom stereocenters. The second-order valence-electron chi connectivity index (χ2n) is 4.90. The molecule has 0 radical (unpaired) electrons. The van der Waals surface area contributed by atoms with Crippen molar-refractivity contribution in [2.45, 2.75) is 17.7 Å². The van der Waals surface area contributed by atoms with Crippen molar-refractivity contribution >= 4 is 21.9 Å². The Balaban J connectivity index is 2.31. The molecule has 0 saturated heterocycles. The van der Waals surface area contributed by atoms with Gasteiger partial charge in [-0.15, -0.1) is 0 Å². The summed E-state index contributed by atoms with van der Waals surface area (Å²) in [7, 11) is 0.496. The average Bonchev–Trinajstić information content (AvgIpc) is 3.10. The maximum absolute atomic E-state index is 12.3. The van der Waals surface area contributed by atoms with Crippen LogP contribution in [0.15, 0.2) is 34.2 Å². The van der Waals surface area contributed by atoms with Crippen LogP contribution in [0.1, 0.15) is 12.8 Å². The fourth-order valence-electron chi connectivity index (χ4n) is 1.69. The van der Waals surface area contributed by atoms with E-state index in [2.05, 4.69) is 4.99 Å². The predicted octanol–water partition coefficient (Wildman–Crippen LogP) is 2.09. The first-order valence-corrected chi connectivity index (χ1v) is 7.66. The van der Waals surface area contributed by atoms with Crippen molar-refractivity contribution in [2.75, 3.05) is 19.8 Å². The van der Waals surface area contributed by atoms with E-state index in [0.717, 1.165) is 12.8 Å². The molecule has 4 nitrogen and oxygen atoms in total. The highest BCUT2D eigenvalue weighted by Crippen LogP contribution is 2.34. The fourth-order valence-corrected chi connectivity index (χ4v) is 3.55. The van der Waals surface area contributed by atoms with Crippen LogP contribution in [0.4, 0.5) is 5.69 Å². The van der Waals surface area contributed by atoms with Crippen LogP contribution in [0, 0.1) is 5.92 Å². The topological polar surface area (TPSA) is 49.7 Å². The molecule has 0 atom stereocenters. The highest BCUT2D eigenvalue weighted by atomic mass is 32.2. The van der Waals surface area contributed by atoms with Crippen LogP contribution < -0.4 is 0 Å². The van der Waals surface area contributed by atoms with E-state index in [0.29, 0.717) is 16.5 Å². The first-order valence-electron chi connectivity index (χ1n) is 6.01. The maximum Gasteiger partial charge on any atom is 0.180 e. The molecule has 1 aromatic carbocycles. The molecule has 0 bridgehead atoms. The van der Waals surface area contributed by atoms with E-state index in [-0.39, 0.29) is 5.75 Å². The molecule has 18 heavy (non-hydrogen) atoms. The molecule has 5 heteroatoms. The Bertz CT molecular complexity index is 546. The SMILES string of the molecule is CN(C)C=Nc1ccccc1S(=O)(=O)CC1CC1. The highest BCUT2D eigenvalue weighted by Gasteiger charge is 2.30. The minimum absolute atomic E-state index is 0.251. The van der Waals surface area contributed by atoms with Gasteiger partial charge in [0.2, 0.25) is 0 Å². The van der Waals surface area contributed by atoms with Crippen molar-refractivity contribution in [3.63, 3.8) is 0 Å². The van der Waals surface area contributed by atoms with Gasteiger partial charge in [0.15, 0.2) is 9.84 Å². The van der Waals surface area contributed by atoms with Crippen molar-refractivity contribution in [2.24, 2.45) is 10.9 Å². The van der Waals surface area contributed by atoms with Crippen LogP contribution in [0.25, 0.3) is 0 Å². The van der Waals surface area contributed by atoms with Crippen molar-refractivity contribution in [1.82, 2.24) is 4.90 Å². The number of nitrogens with zero attached hydrogens (tertiary/aromatic N) is 2. The molecule has 98 valence electrons. The quantitative estimate of drug-likeness (QED) is 0.605. The summed E-state index contributed by atoms with van der Waals surface area (Å²) in [5, 5.41) is 0. The minimum Gasteiger partial charge on any atom is -0.369 e. The predicted molar refractivity (Wildman–Crippen MR) is 73.1 cm³/mol. The Hall–Kier alpha value is -1.36. The zero-order valence-corrected chi connectivity index (χ0v) is 11.5. The molecule has 1 aliphatic rings. The summed E-state index contributed by atoms with van der Waals surface area (Å²) in [5.41, 5.74) is 0.520. The molecule has 1 aliphatic carbocycles. The van der Waals surface area contributed by atoms with Crippen LogP contribution in [0.2, 0.25) is 0 Å². The van der Waals surface area contributed by atoms with Gasteiger partial charge in [-0.2, -0.15) is 0 Å². The summed E-state index contributed by atoms with van der Waals surface area (Å²) >= 11 is 0. The maximum atomic E-state index is 12.3. The van der Waals surface area contributed by atoms with Gasteiger partial charge in [0, 0.05) is 14.1 Å². The molecular weight excluding hydrogens is 248 g/mol. The van der Waals surface area contributed by atoms with Crippen molar-refractivity contribution in [3.05, 3.63) is 24.3 Å². The second-order valence-corrected chi connectivity index (χ2v) is 6.90. The van der Waals surface area contributed by atoms with E-state index in [4.69, 9.17) is 0 Å². The smallest absolute Gasteiger partial charge is 0.180 e. The largest absolute Gasteiger partial charge is 0.369 e. The number of sulfone groups is 1. The highest BCUT2D eigenvalue weighted by molar-refractivity contribution is 7.91. The minimum atomic E-state index is -3.21. The van der Waals surface area contributed by atoms with E-state index in [9.17, 15) is 8.42 Å². The average molecular weight is 266 g/mol. The Kier molecular flexibility index (Phi) is 3.71. The lowest BCUT2D eigenvalue weighted by molar-refractivity contribution is 0.592. The number of hydrogen-bond acceptors (Lipinski definition) is 3.